The predicted octanol–water partition coefficient (Wildman–Crippen LogP) is 4.76. The maximum Gasteiger partial charge on any atom is 0.162 e. The molecule has 0 N–H and O–H groups in total. The maximum absolute atomic E-state index is 12.4. The molecular formula is C21H19NO2. The van der Waals surface area contributed by atoms with Crippen molar-refractivity contribution in [1.82, 2.24) is 4.57 Å². The van der Waals surface area contributed by atoms with Crippen LogP contribution in [0.15, 0.2) is 60.7 Å². The molecule has 0 spiro atoms. The largest absolute Gasteiger partial charge is 0.342 e. The van der Waals surface area contributed by atoms with Crippen LogP contribution >= 0.6 is 0 Å². The Bertz CT molecular complexity index is 831. The van der Waals surface area contributed by atoms with Crippen molar-refractivity contribution in [2.45, 2.75) is 13.8 Å². The van der Waals surface area contributed by atoms with Crippen molar-refractivity contribution in [3.63, 3.8) is 0 Å². The molecular weight excluding hydrogens is 298 g/mol. The highest BCUT2D eigenvalue weighted by Gasteiger charge is 2.27. The van der Waals surface area contributed by atoms with Gasteiger partial charge in [0, 0.05) is 7.05 Å². The minimum absolute atomic E-state index is 0.100. The molecule has 3 nitrogen and oxygen atoms in total. The van der Waals surface area contributed by atoms with Crippen molar-refractivity contribution < 1.29 is 9.59 Å². The lowest BCUT2D eigenvalue weighted by atomic mass is 9.97. The first-order valence-electron chi connectivity index (χ1n) is 7.87. The van der Waals surface area contributed by atoms with Gasteiger partial charge in [-0.25, -0.2) is 0 Å². The van der Waals surface area contributed by atoms with Crippen molar-refractivity contribution in [1.29, 1.82) is 0 Å². The lowest BCUT2D eigenvalue weighted by Gasteiger charge is -2.09. The van der Waals surface area contributed by atoms with Gasteiger partial charge in [0.25, 0.3) is 0 Å². The molecule has 120 valence electrons. The van der Waals surface area contributed by atoms with E-state index in [0.717, 1.165) is 22.5 Å². The number of rotatable bonds is 4. The third-order valence-corrected chi connectivity index (χ3v) is 4.19. The Morgan fingerprint density at radius 2 is 1.00 bits per heavy atom. The molecule has 0 aliphatic carbocycles. The molecule has 1 aromatic heterocycles. The van der Waals surface area contributed by atoms with Crippen LogP contribution in [0, 0.1) is 0 Å². The Kier molecular flexibility index (Phi) is 4.17. The molecule has 0 bridgehead atoms. The summed E-state index contributed by atoms with van der Waals surface area (Å²) in [5, 5.41) is 0. The number of Topliss-reactive ketones (excluding diaryl/α,β-unsaturated/α-hetero) is 2. The molecule has 0 aliphatic rings. The summed E-state index contributed by atoms with van der Waals surface area (Å²) in [6.07, 6.45) is 0. The Morgan fingerprint density at radius 1 is 0.667 bits per heavy atom. The molecule has 3 rings (SSSR count). The van der Waals surface area contributed by atoms with Crippen LogP contribution in [0.2, 0.25) is 0 Å². The average molecular weight is 317 g/mol. The summed E-state index contributed by atoms with van der Waals surface area (Å²) in [5.74, 6) is -0.200. The molecule has 3 aromatic rings. The van der Waals surface area contributed by atoms with Gasteiger partial charge in [0.15, 0.2) is 11.6 Å². The van der Waals surface area contributed by atoms with Crippen LogP contribution in [0.25, 0.3) is 22.5 Å². The quantitative estimate of drug-likeness (QED) is 0.651. The summed E-state index contributed by atoms with van der Waals surface area (Å²) in [5.41, 5.74) is 4.41. The van der Waals surface area contributed by atoms with Gasteiger partial charge in [0.2, 0.25) is 0 Å². The molecule has 0 saturated heterocycles. The Morgan fingerprint density at radius 3 is 1.29 bits per heavy atom. The van der Waals surface area contributed by atoms with Crippen molar-refractivity contribution >= 4 is 11.6 Å². The molecule has 1 heterocycles. The fourth-order valence-corrected chi connectivity index (χ4v) is 3.24. The van der Waals surface area contributed by atoms with Gasteiger partial charge in [0.05, 0.1) is 22.5 Å². The Hall–Kier alpha value is -2.94. The smallest absolute Gasteiger partial charge is 0.162 e. The first-order chi connectivity index (χ1) is 11.5. The molecule has 0 saturated carbocycles. The number of hydrogen-bond acceptors (Lipinski definition) is 2. The number of carbonyl (C=O) groups is 2. The van der Waals surface area contributed by atoms with Crippen LogP contribution in [0.5, 0.6) is 0 Å². The van der Waals surface area contributed by atoms with Gasteiger partial charge < -0.3 is 4.57 Å². The topological polar surface area (TPSA) is 39.1 Å². The van der Waals surface area contributed by atoms with Gasteiger partial charge in [0.1, 0.15) is 0 Å². The zero-order valence-electron chi connectivity index (χ0n) is 14.0. The Balaban J connectivity index is 2.43. The Labute approximate surface area is 141 Å². The molecule has 24 heavy (non-hydrogen) atoms. The monoisotopic (exact) mass is 317 g/mol. The van der Waals surface area contributed by atoms with Crippen LogP contribution in [-0.4, -0.2) is 16.1 Å². The van der Waals surface area contributed by atoms with Gasteiger partial charge in [-0.15, -0.1) is 0 Å². The highest BCUT2D eigenvalue weighted by Crippen LogP contribution is 2.37. The number of ketones is 2. The fourth-order valence-electron chi connectivity index (χ4n) is 3.24. The number of carbonyl (C=O) groups excluding carboxylic acids is 2. The number of hydrogen-bond donors (Lipinski definition) is 0. The molecule has 0 aliphatic heterocycles. The SMILES string of the molecule is CC(=O)c1c(C(C)=O)c(-c2ccccc2)n(C)c1-c1ccccc1. The summed E-state index contributed by atoms with van der Waals surface area (Å²) in [7, 11) is 1.91. The van der Waals surface area contributed by atoms with E-state index in [2.05, 4.69) is 0 Å². The van der Waals surface area contributed by atoms with E-state index in [1.165, 1.54) is 13.8 Å². The molecule has 3 heteroatoms. The summed E-state index contributed by atoms with van der Waals surface area (Å²) in [6, 6.07) is 19.4. The van der Waals surface area contributed by atoms with E-state index in [9.17, 15) is 9.59 Å². The van der Waals surface area contributed by atoms with Crippen molar-refractivity contribution in [2.75, 3.05) is 0 Å². The number of benzene rings is 2. The minimum atomic E-state index is -0.100. The van der Waals surface area contributed by atoms with Gasteiger partial charge in [-0.05, 0) is 25.0 Å². The summed E-state index contributed by atoms with van der Waals surface area (Å²) in [6.45, 7) is 3.03. The molecule has 0 fully saturated rings. The van der Waals surface area contributed by atoms with E-state index in [-0.39, 0.29) is 11.6 Å². The van der Waals surface area contributed by atoms with Crippen LogP contribution in [-0.2, 0) is 7.05 Å². The molecule has 0 unspecified atom stereocenters. The third kappa shape index (κ3) is 2.58. The van der Waals surface area contributed by atoms with Gasteiger partial charge in [-0.1, -0.05) is 60.7 Å². The van der Waals surface area contributed by atoms with Crippen molar-refractivity contribution in [3.8, 4) is 22.5 Å². The van der Waals surface area contributed by atoms with E-state index in [4.69, 9.17) is 0 Å². The predicted molar refractivity (Wildman–Crippen MR) is 96.3 cm³/mol. The highest BCUT2D eigenvalue weighted by atomic mass is 16.1. The van der Waals surface area contributed by atoms with Gasteiger partial charge in [-0.3, -0.25) is 9.59 Å². The first kappa shape index (κ1) is 15.9. The van der Waals surface area contributed by atoms with E-state index < -0.39 is 0 Å². The molecule has 0 atom stereocenters. The van der Waals surface area contributed by atoms with Crippen molar-refractivity contribution in [2.24, 2.45) is 7.05 Å². The zero-order chi connectivity index (χ0) is 17.3. The average Bonchev–Trinajstić information content (AvgIpc) is 2.90. The summed E-state index contributed by atoms with van der Waals surface area (Å²) < 4.78 is 1.96. The summed E-state index contributed by atoms with van der Waals surface area (Å²) >= 11 is 0. The van der Waals surface area contributed by atoms with E-state index in [0.29, 0.717) is 11.1 Å². The standard InChI is InChI=1S/C21H19NO2/c1-14(23)18-19(15(2)24)21(17-12-8-5-9-13-17)22(3)20(18)16-10-6-4-7-11-16/h4-13H,1-3H3. The van der Waals surface area contributed by atoms with Crippen LogP contribution < -0.4 is 0 Å². The second kappa shape index (κ2) is 6.28. The van der Waals surface area contributed by atoms with Gasteiger partial charge in [-0.2, -0.15) is 0 Å². The molecule has 0 amide bonds. The first-order valence-corrected chi connectivity index (χ1v) is 7.87. The zero-order valence-corrected chi connectivity index (χ0v) is 14.0. The minimum Gasteiger partial charge on any atom is -0.342 e. The number of nitrogens with zero attached hydrogens (tertiary/aromatic N) is 1. The van der Waals surface area contributed by atoms with Gasteiger partial charge >= 0.3 is 0 Å². The second-order valence-corrected chi connectivity index (χ2v) is 5.85. The van der Waals surface area contributed by atoms with E-state index in [1.54, 1.807) is 0 Å². The van der Waals surface area contributed by atoms with Crippen molar-refractivity contribution in [3.05, 3.63) is 71.8 Å². The highest BCUT2D eigenvalue weighted by molar-refractivity contribution is 6.15. The van der Waals surface area contributed by atoms with E-state index >= 15 is 0 Å². The fraction of sp³-hybridized carbons (Fsp3) is 0.143. The molecule has 0 radical (unpaired) electrons. The van der Waals surface area contributed by atoms with Crippen LogP contribution in [0.3, 0.4) is 0 Å². The van der Waals surface area contributed by atoms with Crippen LogP contribution in [0.4, 0.5) is 0 Å². The third-order valence-electron chi connectivity index (χ3n) is 4.19. The summed E-state index contributed by atoms with van der Waals surface area (Å²) in [4.78, 5) is 24.8. The van der Waals surface area contributed by atoms with Crippen LogP contribution in [0.1, 0.15) is 34.6 Å². The normalized spacial score (nSPS) is 10.6. The number of aromatic nitrogens is 1. The molecule has 2 aromatic carbocycles. The second-order valence-electron chi connectivity index (χ2n) is 5.85. The lowest BCUT2D eigenvalue weighted by Crippen LogP contribution is -2.03. The van der Waals surface area contributed by atoms with E-state index in [1.807, 2.05) is 72.3 Å². The maximum atomic E-state index is 12.4. The lowest BCUT2D eigenvalue weighted by molar-refractivity contribution is 0.0982.